The van der Waals surface area contributed by atoms with E-state index < -0.39 is 6.10 Å². The number of carbonyl (C=O) groups excluding carboxylic acids is 3. The molecule has 0 N–H and O–H groups in total. The van der Waals surface area contributed by atoms with E-state index in [1.807, 2.05) is 0 Å². The minimum atomic E-state index is -0.754. The number of ether oxygens (including phenoxy) is 3. The van der Waals surface area contributed by atoms with Crippen LogP contribution >= 0.6 is 0 Å². The number of hydrogen-bond donors (Lipinski definition) is 0. The minimum Gasteiger partial charge on any atom is -0.462 e. The van der Waals surface area contributed by atoms with Gasteiger partial charge in [-0.3, -0.25) is 14.4 Å². The first kappa shape index (κ1) is 42.4. The molecule has 0 heterocycles. The average Bonchev–Trinajstić information content (AvgIpc) is 3.02. The van der Waals surface area contributed by atoms with E-state index in [1.54, 1.807) is 0 Å². The van der Waals surface area contributed by atoms with Gasteiger partial charge in [0.15, 0.2) is 6.10 Å². The first-order valence-corrected chi connectivity index (χ1v) is 19.0. The standard InChI is InChI=1S/C38H72O6/c1-4-7-10-13-16-17-18-19-20-23-25-28-31-37(40)43-34-35(44-38(41)32-29-26-22-15-12-9-6-3)33-42-36(39)30-27-24-21-14-11-8-5-2/h35H,4-34H2,1-3H3/t35-/m0/s1. The van der Waals surface area contributed by atoms with E-state index in [0.717, 1.165) is 57.8 Å². The van der Waals surface area contributed by atoms with Crippen molar-refractivity contribution < 1.29 is 28.6 Å². The third-order valence-corrected chi connectivity index (χ3v) is 8.36. The van der Waals surface area contributed by atoms with E-state index in [-0.39, 0.29) is 31.1 Å². The summed E-state index contributed by atoms with van der Waals surface area (Å²) in [6.07, 6.45) is 31.0. The Morgan fingerprint density at radius 3 is 0.909 bits per heavy atom. The van der Waals surface area contributed by atoms with E-state index in [0.29, 0.717) is 19.3 Å². The molecule has 0 radical (unpaired) electrons. The van der Waals surface area contributed by atoms with Gasteiger partial charge in [-0.25, -0.2) is 0 Å². The number of esters is 3. The molecule has 44 heavy (non-hydrogen) atoms. The summed E-state index contributed by atoms with van der Waals surface area (Å²) >= 11 is 0. The Balaban J connectivity index is 4.27. The van der Waals surface area contributed by atoms with Gasteiger partial charge >= 0.3 is 17.9 Å². The van der Waals surface area contributed by atoms with Gasteiger partial charge in [0.1, 0.15) is 13.2 Å². The highest BCUT2D eigenvalue weighted by Crippen LogP contribution is 2.14. The molecule has 0 aromatic rings. The van der Waals surface area contributed by atoms with E-state index in [4.69, 9.17) is 14.2 Å². The summed E-state index contributed by atoms with van der Waals surface area (Å²) in [6, 6.07) is 0. The molecule has 0 aliphatic rings. The van der Waals surface area contributed by atoms with E-state index in [1.165, 1.54) is 109 Å². The van der Waals surface area contributed by atoms with Crippen LogP contribution in [0.1, 0.15) is 207 Å². The smallest absolute Gasteiger partial charge is 0.306 e. The molecule has 0 bridgehead atoms. The molecule has 0 unspecified atom stereocenters. The average molecular weight is 625 g/mol. The van der Waals surface area contributed by atoms with Crippen LogP contribution in [0.25, 0.3) is 0 Å². The van der Waals surface area contributed by atoms with Crippen molar-refractivity contribution in [1.82, 2.24) is 0 Å². The first-order valence-electron chi connectivity index (χ1n) is 19.0. The van der Waals surface area contributed by atoms with Crippen molar-refractivity contribution in [3.05, 3.63) is 0 Å². The highest BCUT2D eigenvalue weighted by Gasteiger charge is 2.19. The second kappa shape index (κ2) is 34.3. The summed E-state index contributed by atoms with van der Waals surface area (Å²) < 4.78 is 16.5. The fraction of sp³-hybridized carbons (Fsp3) is 0.921. The Kier molecular flexibility index (Phi) is 33.0. The normalized spacial score (nSPS) is 11.8. The maximum absolute atomic E-state index is 12.5. The number of unbranched alkanes of at least 4 members (excludes halogenated alkanes) is 23. The van der Waals surface area contributed by atoms with Crippen LogP contribution in [0.5, 0.6) is 0 Å². The molecule has 0 aliphatic heterocycles. The number of carbonyl (C=O) groups is 3. The summed E-state index contributed by atoms with van der Waals surface area (Å²) in [7, 11) is 0. The van der Waals surface area contributed by atoms with Crippen LogP contribution < -0.4 is 0 Å². The van der Waals surface area contributed by atoms with Crippen molar-refractivity contribution in [3.8, 4) is 0 Å². The molecular weight excluding hydrogens is 552 g/mol. The molecule has 0 aliphatic carbocycles. The minimum absolute atomic E-state index is 0.0649. The lowest BCUT2D eigenvalue weighted by atomic mass is 10.0. The Bertz CT molecular complexity index is 649. The SMILES string of the molecule is CCCCCCCCCCCCCCC(=O)OC[C@H](COC(=O)CCCCCCCCC)OC(=O)CCCCCCCCC. The van der Waals surface area contributed by atoms with Gasteiger partial charge in [0.05, 0.1) is 0 Å². The lowest BCUT2D eigenvalue weighted by molar-refractivity contribution is -0.167. The topological polar surface area (TPSA) is 78.9 Å². The molecule has 6 heteroatoms. The second-order valence-corrected chi connectivity index (χ2v) is 12.9. The zero-order chi connectivity index (χ0) is 32.4. The van der Waals surface area contributed by atoms with Crippen LogP contribution in [0, 0.1) is 0 Å². The van der Waals surface area contributed by atoms with Gasteiger partial charge in [-0.2, -0.15) is 0 Å². The molecule has 260 valence electrons. The zero-order valence-corrected chi connectivity index (χ0v) is 29.4. The highest BCUT2D eigenvalue weighted by atomic mass is 16.6. The van der Waals surface area contributed by atoms with Crippen LogP contribution in [-0.2, 0) is 28.6 Å². The van der Waals surface area contributed by atoms with Gasteiger partial charge in [0, 0.05) is 19.3 Å². The van der Waals surface area contributed by atoms with E-state index >= 15 is 0 Å². The van der Waals surface area contributed by atoms with Gasteiger partial charge in [0.2, 0.25) is 0 Å². The second-order valence-electron chi connectivity index (χ2n) is 12.9. The lowest BCUT2D eigenvalue weighted by Crippen LogP contribution is -2.30. The molecule has 1 atom stereocenters. The van der Waals surface area contributed by atoms with E-state index in [2.05, 4.69) is 20.8 Å². The number of hydrogen-bond acceptors (Lipinski definition) is 6. The fourth-order valence-corrected chi connectivity index (χ4v) is 5.44. The Labute approximate surface area is 272 Å². The summed E-state index contributed by atoms with van der Waals surface area (Å²) in [6.45, 7) is 6.53. The van der Waals surface area contributed by atoms with Crippen molar-refractivity contribution in [2.75, 3.05) is 13.2 Å². The van der Waals surface area contributed by atoms with Crippen molar-refractivity contribution >= 4 is 17.9 Å². The molecule has 0 aromatic carbocycles. The van der Waals surface area contributed by atoms with Crippen LogP contribution in [0.2, 0.25) is 0 Å². The van der Waals surface area contributed by atoms with Crippen molar-refractivity contribution in [2.45, 2.75) is 213 Å². The molecule has 0 saturated heterocycles. The van der Waals surface area contributed by atoms with Gasteiger partial charge in [0.25, 0.3) is 0 Å². The van der Waals surface area contributed by atoms with Crippen molar-refractivity contribution in [1.29, 1.82) is 0 Å². The molecule has 6 nitrogen and oxygen atoms in total. The van der Waals surface area contributed by atoms with Gasteiger partial charge < -0.3 is 14.2 Å². The van der Waals surface area contributed by atoms with Gasteiger partial charge in [-0.15, -0.1) is 0 Å². The first-order chi connectivity index (χ1) is 21.5. The molecule has 0 saturated carbocycles. The third kappa shape index (κ3) is 31.8. The summed E-state index contributed by atoms with van der Waals surface area (Å²) in [5, 5.41) is 0. The Morgan fingerprint density at radius 1 is 0.364 bits per heavy atom. The lowest BCUT2D eigenvalue weighted by Gasteiger charge is -2.18. The van der Waals surface area contributed by atoms with Crippen LogP contribution in [0.3, 0.4) is 0 Å². The predicted octanol–water partition coefficient (Wildman–Crippen LogP) is 11.4. The van der Waals surface area contributed by atoms with Crippen molar-refractivity contribution in [3.63, 3.8) is 0 Å². The highest BCUT2D eigenvalue weighted by molar-refractivity contribution is 5.71. The van der Waals surface area contributed by atoms with Crippen LogP contribution in [0.15, 0.2) is 0 Å². The Hall–Kier alpha value is -1.59. The van der Waals surface area contributed by atoms with Crippen LogP contribution in [-0.4, -0.2) is 37.2 Å². The monoisotopic (exact) mass is 625 g/mol. The molecule has 0 fully saturated rings. The van der Waals surface area contributed by atoms with E-state index in [9.17, 15) is 14.4 Å². The summed E-state index contributed by atoms with van der Waals surface area (Å²) in [5.74, 6) is -0.877. The summed E-state index contributed by atoms with van der Waals surface area (Å²) in [5.41, 5.74) is 0. The molecule has 0 aromatic heterocycles. The summed E-state index contributed by atoms with van der Waals surface area (Å²) in [4.78, 5) is 37.2. The van der Waals surface area contributed by atoms with Gasteiger partial charge in [-0.1, -0.05) is 168 Å². The molecule has 0 spiro atoms. The van der Waals surface area contributed by atoms with Crippen LogP contribution in [0.4, 0.5) is 0 Å². The third-order valence-electron chi connectivity index (χ3n) is 8.36. The maximum atomic E-state index is 12.5. The molecule has 0 amide bonds. The molecule has 0 rings (SSSR count). The number of rotatable bonds is 34. The quantitative estimate of drug-likeness (QED) is 0.0402. The maximum Gasteiger partial charge on any atom is 0.306 e. The fourth-order valence-electron chi connectivity index (χ4n) is 5.44. The zero-order valence-electron chi connectivity index (χ0n) is 29.4. The largest absolute Gasteiger partial charge is 0.462 e. The van der Waals surface area contributed by atoms with Crippen molar-refractivity contribution in [2.24, 2.45) is 0 Å². The molecular formula is C38H72O6. The Morgan fingerprint density at radius 2 is 0.614 bits per heavy atom. The van der Waals surface area contributed by atoms with Gasteiger partial charge in [-0.05, 0) is 19.3 Å². The predicted molar refractivity (Wildman–Crippen MR) is 183 cm³/mol.